The molecule has 3 N–H and O–H groups in total. The molecule has 2 amide bonds. The molecule has 2 saturated heterocycles. The fourth-order valence-corrected chi connectivity index (χ4v) is 6.45. The molecule has 0 aromatic carbocycles. The lowest BCUT2D eigenvalue weighted by molar-refractivity contribution is -0.124. The number of hydrogen-bond acceptors (Lipinski definition) is 9. The van der Waals surface area contributed by atoms with Crippen LogP contribution in [0, 0.1) is 34.9 Å². The molecule has 5 heterocycles. The highest BCUT2D eigenvalue weighted by atomic mass is 19.1. The second kappa shape index (κ2) is 9.86. The van der Waals surface area contributed by atoms with Crippen LogP contribution in [0.2, 0.25) is 0 Å². The molecule has 2 aliphatic heterocycles. The molecular weight excluding hydrogens is 517 g/mol. The van der Waals surface area contributed by atoms with E-state index in [1.54, 1.807) is 0 Å². The van der Waals surface area contributed by atoms with Crippen LogP contribution in [0.4, 0.5) is 10.3 Å². The number of nitrogens with one attached hydrogen (secondary N) is 1. The zero-order valence-corrected chi connectivity index (χ0v) is 21.9. The van der Waals surface area contributed by atoms with E-state index in [9.17, 15) is 14.0 Å². The van der Waals surface area contributed by atoms with Crippen LogP contribution >= 0.6 is 0 Å². The molecule has 3 aliphatic rings. The molecule has 3 aromatic heterocycles. The summed E-state index contributed by atoms with van der Waals surface area (Å²) in [5.74, 6) is -0.195. The Bertz CT molecular complexity index is 1500. The van der Waals surface area contributed by atoms with Gasteiger partial charge in [0.25, 0.3) is 5.91 Å². The molecule has 1 spiro atoms. The number of nitriles is 1. The van der Waals surface area contributed by atoms with Crippen LogP contribution in [0.1, 0.15) is 41.7 Å². The maximum absolute atomic E-state index is 14.5. The van der Waals surface area contributed by atoms with Crippen molar-refractivity contribution in [1.29, 1.82) is 5.26 Å². The molecule has 13 heteroatoms. The molecule has 1 aliphatic carbocycles. The van der Waals surface area contributed by atoms with Crippen LogP contribution in [0.15, 0.2) is 30.7 Å². The number of nitrogens with zero attached hydrogens (tertiary/aromatic N) is 7. The van der Waals surface area contributed by atoms with E-state index in [1.807, 2.05) is 11.0 Å². The first kappa shape index (κ1) is 25.7. The van der Waals surface area contributed by atoms with Gasteiger partial charge in [-0.3, -0.25) is 14.7 Å². The third-order valence-electron chi connectivity index (χ3n) is 8.56. The Kier molecular flexibility index (Phi) is 6.32. The maximum atomic E-state index is 14.5. The van der Waals surface area contributed by atoms with Crippen molar-refractivity contribution in [3.05, 3.63) is 47.8 Å². The molecule has 0 radical (unpaired) electrons. The van der Waals surface area contributed by atoms with E-state index in [1.165, 1.54) is 31.6 Å². The molecule has 0 bridgehead atoms. The summed E-state index contributed by atoms with van der Waals surface area (Å²) >= 11 is 0. The molecule has 3 unspecified atom stereocenters. The summed E-state index contributed by atoms with van der Waals surface area (Å²) < 4.78 is 19.6. The van der Waals surface area contributed by atoms with E-state index in [2.05, 4.69) is 30.0 Å². The Labute approximate surface area is 229 Å². The number of pyridine rings is 1. The van der Waals surface area contributed by atoms with E-state index in [-0.39, 0.29) is 52.4 Å². The quantitative estimate of drug-likeness (QED) is 0.470. The first-order valence-electron chi connectivity index (χ1n) is 13.2. The predicted molar refractivity (Wildman–Crippen MR) is 139 cm³/mol. The number of primary amides is 1. The summed E-state index contributed by atoms with van der Waals surface area (Å²) in [5.41, 5.74) is 6.32. The van der Waals surface area contributed by atoms with Crippen molar-refractivity contribution >= 4 is 17.8 Å². The van der Waals surface area contributed by atoms with E-state index in [0.29, 0.717) is 30.9 Å². The predicted octanol–water partition coefficient (Wildman–Crippen LogP) is 1.90. The van der Waals surface area contributed by atoms with Crippen LogP contribution in [-0.2, 0) is 4.79 Å². The second-order valence-corrected chi connectivity index (χ2v) is 10.7. The van der Waals surface area contributed by atoms with Gasteiger partial charge in [0.05, 0.1) is 37.0 Å². The van der Waals surface area contributed by atoms with E-state index in [0.717, 1.165) is 32.1 Å². The molecule has 6 rings (SSSR count). The average Bonchev–Trinajstić information content (AvgIpc) is 3.32. The summed E-state index contributed by atoms with van der Waals surface area (Å²) in [4.78, 5) is 42.5. The van der Waals surface area contributed by atoms with Crippen LogP contribution in [0.5, 0.6) is 5.88 Å². The zero-order valence-electron chi connectivity index (χ0n) is 21.9. The first-order chi connectivity index (χ1) is 19.3. The number of halogens is 1. The SMILES string of the molecule is COc1cc(-c2cc(C(=O)N3CCC(C(N)=O)CC34CC4[C@@H]3CCN(c4ncc(C#N)cn4)C3)[nH]n2)c(F)cn1. The van der Waals surface area contributed by atoms with E-state index in [4.69, 9.17) is 15.7 Å². The van der Waals surface area contributed by atoms with Crippen LogP contribution in [0.25, 0.3) is 11.3 Å². The normalized spacial score (nSPS) is 25.6. The van der Waals surface area contributed by atoms with Gasteiger partial charge in [-0.1, -0.05) is 0 Å². The maximum Gasteiger partial charge on any atom is 0.272 e. The number of methoxy groups -OCH3 is 1. The number of piperidine rings is 1. The van der Waals surface area contributed by atoms with Gasteiger partial charge in [0.15, 0.2) is 5.82 Å². The van der Waals surface area contributed by atoms with Crippen LogP contribution < -0.4 is 15.4 Å². The minimum Gasteiger partial charge on any atom is -0.481 e. The van der Waals surface area contributed by atoms with Crippen LogP contribution in [-0.4, -0.2) is 74.1 Å². The van der Waals surface area contributed by atoms with Gasteiger partial charge in [0.1, 0.15) is 11.8 Å². The van der Waals surface area contributed by atoms with Crippen LogP contribution in [0.3, 0.4) is 0 Å². The van der Waals surface area contributed by atoms with E-state index >= 15 is 0 Å². The molecule has 3 fully saturated rings. The van der Waals surface area contributed by atoms with Gasteiger partial charge in [-0.25, -0.2) is 19.3 Å². The summed E-state index contributed by atoms with van der Waals surface area (Å²) in [6, 6.07) is 4.99. The minimum atomic E-state index is -0.579. The van der Waals surface area contributed by atoms with Crippen molar-refractivity contribution in [3.63, 3.8) is 0 Å². The third-order valence-corrected chi connectivity index (χ3v) is 8.56. The van der Waals surface area contributed by atoms with Crippen molar-refractivity contribution in [2.75, 3.05) is 31.6 Å². The molecular formula is C27H28FN9O3. The lowest BCUT2D eigenvalue weighted by Gasteiger charge is -2.40. The number of carbonyl (C=O) groups excluding carboxylic acids is 2. The summed E-state index contributed by atoms with van der Waals surface area (Å²) in [7, 11) is 1.44. The Balaban J connectivity index is 1.23. The highest BCUT2D eigenvalue weighted by Crippen LogP contribution is 2.60. The van der Waals surface area contributed by atoms with Crippen molar-refractivity contribution in [2.24, 2.45) is 23.5 Å². The minimum absolute atomic E-state index is 0.171. The van der Waals surface area contributed by atoms with Crippen molar-refractivity contribution < 1.29 is 18.7 Å². The largest absolute Gasteiger partial charge is 0.481 e. The highest BCUT2D eigenvalue weighted by molar-refractivity contribution is 5.94. The number of aromatic nitrogens is 5. The molecule has 206 valence electrons. The van der Waals surface area contributed by atoms with Gasteiger partial charge in [-0.05, 0) is 43.6 Å². The fraction of sp³-hybridized carbons (Fsp3) is 0.444. The van der Waals surface area contributed by atoms with E-state index < -0.39 is 11.4 Å². The highest BCUT2D eigenvalue weighted by Gasteiger charge is 2.65. The van der Waals surface area contributed by atoms with Crippen molar-refractivity contribution in [3.8, 4) is 23.2 Å². The zero-order chi connectivity index (χ0) is 28.0. The lowest BCUT2D eigenvalue weighted by Crippen LogP contribution is -2.52. The first-order valence-corrected chi connectivity index (χ1v) is 13.2. The third kappa shape index (κ3) is 4.39. The lowest BCUT2D eigenvalue weighted by atomic mass is 9.84. The molecule has 1 saturated carbocycles. The molecule has 3 aromatic rings. The Morgan fingerprint density at radius 1 is 1.18 bits per heavy atom. The number of aromatic amines is 1. The van der Waals surface area contributed by atoms with Crippen molar-refractivity contribution in [2.45, 2.75) is 31.2 Å². The number of hydrogen-bond donors (Lipinski definition) is 2. The average molecular weight is 546 g/mol. The number of nitrogens with two attached hydrogens (primary N) is 1. The molecule has 4 atom stereocenters. The van der Waals surface area contributed by atoms with Crippen molar-refractivity contribution in [1.82, 2.24) is 30.0 Å². The molecule has 40 heavy (non-hydrogen) atoms. The Hall–Kier alpha value is -4.60. The van der Waals surface area contributed by atoms with Gasteiger partial charge in [0.2, 0.25) is 17.7 Å². The number of amides is 2. The smallest absolute Gasteiger partial charge is 0.272 e. The number of ether oxygens (including phenoxy) is 1. The monoisotopic (exact) mass is 545 g/mol. The van der Waals surface area contributed by atoms with Gasteiger partial charge >= 0.3 is 0 Å². The number of rotatable bonds is 6. The second-order valence-electron chi connectivity index (χ2n) is 10.7. The van der Waals surface area contributed by atoms with Gasteiger partial charge in [-0.2, -0.15) is 10.4 Å². The number of likely N-dealkylation sites (tertiary alicyclic amines) is 1. The fourth-order valence-electron chi connectivity index (χ4n) is 6.45. The Morgan fingerprint density at radius 3 is 2.70 bits per heavy atom. The molecule has 12 nitrogen and oxygen atoms in total. The van der Waals surface area contributed by atoms with Gasteiger partial charge in [0, 0.05) is 42.7 Å². The Morgan fingerprint density at radius 2 is 1.98 bits per heavy atom. The number of carbonyl (C=O) groups is 2. The standard InChI is InChI=1S/C27H28FN9O3/c1-40-23-6-18(20(28)13-31-23)21-7-22(35-34-21)25(39)37-5-3-16(24(30)38)8-27(37)9-19(27)17-2-4-36(14-17)26-32-11-15(10-29)12-33-26/h6-7,11-13,16-17,19H,2-5,8-9,14H2,1H3,(H2,30,38)(H,34,35)/t16?,17-,19?,27?/m1/s1. The van der Waals surface area contributed by atoms with Gasteiger partial charge in [-0.15, -0.1) is 0 Å². The topological polar surface area (TPSA) is 167 Å². The summed E-state index contributed by atoms with van der Waals surface area (Å²) in [6.45, 7) is 1.88. The number of H-pyrrole nitrogens is 1. The van der Waals surface area contributed by atoms with Gasteiger partial charge < -0.3 is 20.3 Å². The number of anilines is 1. The summed E-state index contributed by atoms with van der Waals surface area (Å²) in [6.07, 6.45) is 6.75. The summed E-state index contributed by atoms with van der Waals surface area (Å²) in [5, 5.41) is 16.0.